The standard InChI is InChI=1S/C66H62F2N2/c1-63(2,3)41-17-29-57-51(33-41)52-34-42(64(4,5)6)18-30-58(52)69(57)47-25-27-49-55(37-47)61(39-13-21-45(67)22-14-39)50-28-26-48(38-56(50)62(49)40-15-23-46(68)24-16-40)70-59-31-19-43(65(7,8)9)35-53(59)54-36-44(66(10,11)12)20-32-60(54)70/h13-38H,1-12H3. The van der Waals surface area contributed by atoms with Gasteiger partial charge in [0, 0.05) is 32.9 Å². The Morgan fingerprint density at radius 1 is 0.271 bits per heavy atom. The summed E-state index contributed by atoms with van der Waals surface area (Å²) in [6, 6.07) is 55.2. The Labute approximate surface area is 411 Å². The summed E-state index contributed by atoms with van der Waals surface area (Å²) in [6.07, 6.45) is 0. The van der Waals surface area contributed by atoms with E-state index in [1.165, 1.54) is 43.8 Å². The predicted octanol–water partition coefficient (Wildman–Crippen LogP) is 19.0. The van der Waals surface area contributed by atoms with Gasteiger partial charge in [-0.2, -0.15) is 0 Å². The molecule has 9 aromatic carbocycles. The fourth-order valence-electron chi connectivity index (χ4n) is 10.8. The highest BCUT2D eigenvalue weighted by Crippen LogP contribution is 2.47. The zero-order chi connectivity index (χ0) is 49.4. The molecule has 0 bridgehead atoms. The van der Waals surface area contributed by atoms with Gasteiger partial charge in [0.2, 0.25) is 0 Å². The van der Waals surface area contributed by atoms with Crippen LogP contribution in [-0.2, 0) is 21.7 Å². The van der Waals surface area contributed by atoms with Crippen LogP contribution in [0.15, 0.2) is 158 Å². The monoisotopic (exact) mass is 920 g/mol. The smallest absolute Gasteiger partial charge is 0.123 e. The Hall–Kier alpha value is -7.04. The molecule has 0 saturated heterocycles. The first-order chi connectivity index (χ1) is 33.0. The fourth-order valence-corrected chi connectivity index (χ4v) is 10.8. The van der Waals surface area contributed by atoms with Crippen LogP contribution in [0.25, 0.3) is 98.8 Å². The summed E-state index contributed by atoms with van der Waals surface area (Å²) >= 11 is 0. The minimum absolute atomic E-state index is 0.0257. The Morgan fingerprint density at radius 3 is 0.800 bits per heavy atom. The number of fused-ring (bicyclic) bond motifs is 8. The van der Waals surface area contributed by atoms with Crippen LogP contribution in [0.5, 0.6) is 0 Å². The van der Waals surface area contributed by atoms with E-state index in [1.54, 1.807) is 24.3 Å². The number of benzene rings is 9. The van der Waals surface area contributed by atoms with Crippen molar-refractivity contribution in [3.63, 3.8) is 0 Å². The number of halogens is 2. The molecule has 0 fully saturated rings. The molecule has 0 unspecified atom stereocenters. The van der Waals surface area contributed by atoms with Crippen LogP contribution < -0.4 is 0 Å². The van der Waals surface area contributed by atoms with Crippen molar-refractivity contribution in [3.8, 4) is 33.6 Å². The first kappa shape index (κ1) is 45.4. The molecule has 0 aliphatic rings. The van der Waals surface area contributed by atoms with Gasteiger partial charge in [0.15, 0.2) is 0 Å². The average Bonchev–Trinajstić information content (AvgIpc) is 3.81. The summed E-state index contributed by atoms with van der Waals surface area (Å²) in [4.78, 5) is 0. The summed E-state index contributed by atoms with van der Waals surface area (Å²) < 4.78 is 34.6. The molecule has 0 amide bonds. The summed E-state index contributed by atoms with van der Waals surface area (Å²) in [5, 5.41) is 8.99. The third-order valence-corrected chi connectivity index (χ3v) is 14.9. The first-order valence-corrected chi connectivity index (χ1v) is 24.8. The number of rotatable bonds is 4. The van der Waals surface area contributed by atoms with Crippen molar-refractivity contribution >= 4 is 65.2 Å². The molecule has 0 aliphatic carbocycles. The van der Waals surface area contributed by atoms with Gasteiger partial charge in [-0.05, 0) is 185 Å². The van der Waals surface area contributed by atoms with Gasteiger partial charge < -0.3 is 9.13 Å². The first-order valence-electron chi connectivity index (χ1n) is 24.8. The van der Waals surface area contributed by atoms with Crippen LogP contribution in [0.3, 0.4) is 0 Å². The summed E-state index contributed by atoms with van der Waals surface area (Å²) in [6.45, 7) is 27.3. The molecule has 2 aromatic heterocycles. The molecule has 70 heavy (non-hydrogen) atoms. The molecule has 2 heterocycles. The second-order valence-electron chi connectivity index (χ2n) is 23.8. The number of nitrogens with zero attached hydrogens (tertiary/aromatic N) is 2. The predicted molar refractivity (Wildman–Crippen MR) is 296 cm³/mol. The normalized spacial score (nSPS) is 13.0. The molecule has 0 radical (unpaired) electrons. The topological polar surface area (TPSA) is 9.86 Å². The summed E-state index contributed by atoms with van der Waals surface area (Å²) in [5.41, 5.74) is 15.5. The molecule has 11 rings (SSSR count). The molecule has 0 saturated carbocycles. The molecule has 2 nitrogen and oxygen atoms in total. The average molecular weight is 921 g/mol. The quantitative estimate of drug-likeness (QED) is 0.156. The lowest BCUT2D eigenvalue weighted by Gasteiger charge is -2.21. The molecule has 0 aliphatic heterocycles. The van der Waals surface area contributed by atoms with Crippen molar-refractivity contribution in [2.24, 2.45) is 0 Å². The second kappa shape index (κ2) is 15.7. The van der Waals surface area contributed by atoms with E-state index < -0.39 is 0 Å². The maximum atomic E-state index is 14.9. The maximum absolute atomic E-state index is 14.9. The Bertz CT molecular complexity index is 3510. The zero-order valence-corrected chi connectivity index (χ0v) is 42.7. The molecule has 0 atom stereocenters. The Morgan fingerprint density at radius 2 is 0.543 bits per heavy atom. The minimum atomic E-state index is -0.284. The van der Waals surface area contributed by atoms with Crippen LogP contribution in [0, 0.1) is 11.6 Å². The van der Waals surface area contributed by atoms with Crippen LogP contribution in [0.1, 0.15) is 105 Å². The minimum Gasteiger partial charge on any atom is -0.309 e. The van der Waals surface area contributed by atoms with Crippen LogP contribution in [-0.4, -0.2) is 9.13 Å². The van der Waals surface area contributed by atoms with E-state index in [4.69, 9.17) is 0 Å². The highest BCUT2D eigenvalue weighted by atomic mass is 19.1. The van der Waals surface area contributed by atoms with Gasteiger partial charge in [0.05, 0.1) is 22.1 Å². The van der Waals surface area contributed by atoms with Gasteiger partial charge in [-0.1, -0.05) is 144 Å². The lowest BCUT2D eigenvalue weighted by atomic mass is 9.85. The SMILES string of the molecule is CC(C)(C)c1ccc2c(c1)c1cc(C(C)(C)C)ccc1n2-c1ccc2c(-c3ccc(F)cc3)c3cc(-n4c5ccc(C(C)(C)C)cc5c5cc(C(C)(C)C)ccc54)ccc3c(-c3ccc(F)cc3)c2c1. The molecule has 0 spiro atoms. The number of hydrogen-bond donors (Lipinski definition) is 0. The van der Waals surface area contributed by atoms with Gasteiger partial charge in [0.1, 0.15) is 11.6 Å². The maximum Gasteiger partial charge on any atom is 0.123 e. The van der Waals surface area contributed by atoms with Crippen molar-refractivity contribution in [3.05, 3.63) is 192 Å². The van der Waals surface area contributed by atoms with Crippen molar-refractivity contribution in [1.82, 2.24) is 9.13 Å². The van der Waals surface area contributed by atoms with Crippen molar-refractivity contribution in [1.29, 1.82) is 0 Å². The molecule has 11 aromatic rings. The lowest BCUT2D eigenvalue weighted by Crippen LogP contribution is -2.10. The van der Waals surface area contributed by atoms with E-state index in [0.717, 1.165) is 77.2 Å². The molecular weight excluding hydrogens is 859 g/mol. The van der Waals surface area contributed by atoms with E-state index in [1.807, 2.05) is 24.3 Å². The summed E-state index contributed by atoms with van der Waals surface area (Å²) in [7, 11) is 0. The summed E-state index contributed by atoms with van der Waals surface area (Å²) in [5.74, 6) is -0.568. The van der Waals surface area contributed by atoms with Gasteiger partial charge in [-0.3, -0.25) is 0 Å². The van der Waals surface area contributed by atoms with Crippen molar-refractivity contribution < 1.29 is 8.78 Å². The number of hydrogen-bond acceptors (Lipinski definition) is 0. The van der Waals surface area contributed by atoms with Crippen LogP contribution >= 0.6 is 0 Å². The lowest BCUT2D eigenvalue weighted by molar-refractivity contribution is 0.590. The van der Waals surface area contributed by atoms with Crippen LogP contribution in [0.2, 0.25) is 0 Å². The highest BCUT2D eigenvalue weighted by molar-refractivity contribution is 6.22. The van der Waals surface area contributed by atoms with E-state index >= 15 is 0 Å². The number of aromatic nitrogens is 2. The van der Waals surface area contributed by atoms with Gasteiger partial charge >= 0.3 is 0 Å². The van der Waals surface area contributed by atoms with Crippen molar-refractivity contribution in [2.45, 2.75) is 105 Å². The molecule has 350 valence electrons. The van der Waals surface area contributed by atoms with E-state index in [2.05, 4.69) is 201 Å². The van der Waals surface area contributed by atoms with Gasteiger partial charge in [-0.15, -0.1) is 0 Å². The molecular formula is C66H62F2N2. The molecule has 4 heteroatoms. The molecule has 0 N–H and O–H groups in total. The second-order valence-corrected chi connectivity index (χ2v) is 23.8. The zero-order valence-electron chi connectivity index (χ0n) is 42.7. The highest BCUT2D eigenvalue weighted by Gasteiger charge is 2.25. The van der Waals surface area contributed by atoms with Crippen LogP contribution in [0.4, 0.5) is 8.78 Å². The fraction of sp³-hybridized carbons (Fsp3) is 0.242. The van der Waals surface area contributed by atoms with E-state index in [9.17, 15) is 8.78 Å². The third-order valence-electron chi connectivity index (χ3n) is 14.9. The third kappa shape index (κ3) is 7.50. The van der Waals surface area contributed by atoms with E-state index in [0.29, 0.717) is 0 Å². The van der Waals surface area contributed by atoms with Crippen molar-refractivity contribution in [2.75, 3.05) is 0 Å². The Balaban J connectivity index is 1.24. The van der Waals surface area contributed by atoms with Gasteiger partial charge in [-0.25, -0.2) is 8.78 Å². The van der Waals surface area contributed by atoms with E-state index in [-0.39, 0.29) is 33.3 Å². The largest absolute Gasteiger partial charge is 0.309 e. The Kier molecular flexibility index (Phi) is 10.2. The van der Waals surface area contributed by atoms with Gasteiger partial charge in [0.25, 0.3) is 0 Å².